The summed E-state index contributed by atoms with van der Waals surface area (Å²) in [6.45, 7) is 2.42. The molecule has 1 aliphatic carbocycles. The van der Waals surface area contributed by atoms with Crippen LogP contribution in [0.15, 0.2) is 48.5 Å². The minimum Gasteiger partial charge on any atom is -0.312 e. The van der Waals surface area contributed by atoms with Gasteiger partial charge in [0.1, 0.15) is 5.82 Å². The molecule has 0 saturated heterocycles. The summed E-state index contributed by atoms with van der Waals surface area (Å²) in [5, 5.41) is 0.705. The van der Waals surface area contributed by atoms with E-state index >= 15 is 0 Å². The summed E-state index contributed by atoms with van der Waals surface area (Å²) in [5.41, 5.74) is 1.63. The van der Waals surface area contributed by atoms with E-state index in [-0.39, 0.29) is 23.6 Å². The third kappa shape index (κ3) is 2.86. The second-order valence-electron chi connectivity index (χ2n) is 5.53. The first-order valence-corrected chi connectivity index (χ1v) is 7.81. The SMILES string of the molecule is CCN(C(=O)C1CC1c1ccccc1Cl)c1cccc(F)c1. The van der Waals surface area contributed by atoms with Crippen molar-refractivity contribution in [1.82, 2.24) is 0 Å². The fourth-order valence-electron chi connectivity index (χ4n) is 2.90. The summed E-state index contributed by atoms with van der Waals surface area (Å²) in [6, 6.07) is 13.8. The molecule has 4 heteroatoms. The van der Waals surface area contributed by atoms with E-state index in [0.717, 1.165) is 12.0 Å². The van der Waals surface area contributed by atoms with Crippen LogP contribution in [-0.2, 0) is 4.79 Å². The number of anilines is 1. The van der Waals surface area contributed by atoms with E-state index in [4.69, 9.17) is 11.6 Å². The first kappa shape index (κ1) is 15.0. The molecule has 2 atom stereocenters. The molecule has 22 heavy (non-hydrogen) atoms. The van der Waals surface area contributed by atoms with Crippen LogP contribution in [0.3, 0.4) is 0 Å². The lowest BCUT2D eigenvalue weighted by Crippen LogP contribution is -2.32. The predicted octanol–water partition coefficient (Wildman–Crippen LogP) is 4.64. The van der Waals surface area contributed by atoms with E-state index in [0.29, 0.717) is 17.3 Å². The molecule has 0 aliphatic heterocycles. The molecule has 0 spiro atoms. The lowest BCUT2D eigenvalue weighted by molar-refractivity contribution is -0.119. The lowest BCUT2D eigenvalue weighted by Gasteiger charge is -2.21. The second-order valence-corrected chi connectivity index (χ2v) is 5.94. The number of amides is 1. The van der Waals surface area contributed by atoms with Crippen molar-refractivity contribution in [3.05, 3.63) is 64.9 Å². The Hall–Kier alpha value is -1.87. The van der Waals surface area contributed by atoms with Gasteiger partial charge in [0.15, 0.2) is 0 Å². The average Bonchev–Trinajstić information content (AvgIpc) is 3.29. The number of carbonyl (C=O) groups excluding carboxylic acids is 1. The summed E-state index contributed by atoms with van der Waals surface area (Å²) in [4.78, 5) is 14.3. The monoisotopic (exact) mass is 317 g/mol. The Morgan fingerprint density at radius 3 is 2.73 bits per heavy atom. The third-order valence-corrected chi connectivity index (χ3v) is 4.46. The first-order chi connectivity index (χ1) is 10.6. The fraction of sp³-hybridized carbons (Fsp3) is 0.278. The smallest absolute Gasteiger partial charge is 0.230 e. The molecule has 2 unspecified atom stereocenters. The maximum atomic E-state index is 13.4. The van der Waals surface area contributed by atoms with Crippen LogP contribution in [0.1, 0.15) is 24.8 Å². The molecule has 1 aliphatic rings. The molecule has 2 aromatic rings. The third-order valence-electron chi connectivity index (χ3n) is 4.11. The zero-order valence-corrected chi connectivity index (χ0v) is 13.1. The molecule has 2 nitrogen and oxygen atoms in total. The van der Waals surface area contributed by atoms with Crippen molar-refractivity contribution < 1.29 is 9.18 Å². The van der Waals surface area contributed by atoms with E-state index in [1.165, 1.54) is 12.1 Å². The van der Waals surface area contributed by atoms with E-state index in [1.54, 1.807) is 17.0 Å². The Bertz CT molecular complexity index is 703. The summed E-state index contributed by atoms with van der Waals surface area (Å²) in [7, 11) is 0. The molecule has 114 valence electrons. The van der Waals surface area contributed by atoms with Crippen LogP contribution in [0.2, 0.25) is 5.02 Å². The number of hydrogen-bond acceptors (Lipinski definition) is 1. The van der Waals surface area contributed by atoms with Crippen molar-refractivity contribution in [1.29, 1.82) is 0 Å². The van der Waals surface area contributed by atoms with Gasteiger partial charge in [-0.3, -0.25) is 4.79 Å². The summed E-state index contributed by atoms with van der Waals surface area (Å²) >= 11 is 6.21. The van der Waals surface area contributed by atoms with Crippen LogP contribution in [0, 0.1) is 11.7 Å². The molecular formula is C18H17ClFNO. The van der Waals surface area contributed by atoms with E-state index in [9.17, 15) is 9.18 Å². The first-order valence-electron chi connectivity index (χ1n) is 7.43. The Morgan fingerprint density at radius 2 is 2.05 bits per heavy atom. The molecule has 0 radical (unpaired) electrons. The van der Waals surface area contributed by atoms with Gasteiger partial charge in [-0.15, -0.1) is 0 Å². The Balaban J connectivity index is 1.78. The molecule has 0 aromatic heterocycles. The van der Waals surface area contributed by atoms with Crippen molar-refractivity contribution in [3.8, 4) is 0 Å². The molecule has 0 bridgehead atoms. The van der Waals surface area contributed by atoms with E-state index < -0.39 is 0 Å². The highest BCUT2D eigenvalue weighted by Crippen LogP contribution is 2.50. The van der Waals surface area contributed by atoms with Crippen LogP contribution in [0.5, 0.6) is 0 Å². The van der Waals surface area contributed by atoms with Gasteiger partial charge < -0.3 is 4.90 Å². The number of halogens is 2. The number of benzene rings is 2. The van der Waals surface area contributed by atoms with Crippen LogP contribution in [0.25, 0.3) is 0 Å². The van der Waals surface area contributed by atoms with Crippen molar-refractivity contribution in [3.63, 3.8) is 0 Å². The number of rotatable bonds is 4. The van der Waals surface area contributed by atoms with Crippen molar-refractivity contribution in [2.24, 2.45) is 5.92 Å². The quantitative estimate of drug-likeness (QED) is 0.804. The van der Waals surface area contributed by atoms with E-state index in [2.05, 4.69) is 0 Å². The highest BCUT2D eigenvalue weighted by molar-refractivity contribution is 6.31. The van der Waals surface area contributed by atoms with Gasteiger partial charge in [0, 0.05) is 23.2 Å². The molecule has 0 N–H and O–H groups in total. The Morgan fingerprint density at radius 1 is 1.27 bits per heavy atom. The maximum Gasteiger partial charge on any atom is 0.230 e. The van der Waals surface area contributed by atoms with Crippen molar-refractivity contribution in [2.45, 2.75) is 19.3 Å². The molecule has 0 heterocycles. The zero-order chi connectivity index (χ0) is 15.7. The van der Waals surface area contributed by atoms with Crippen LogP contribution in [0.4, 0.5) is 10.1 Å². The lowest BCUT2D eigenvalue weighted by atomic mass is 10.1. The van der Waals surface area contributed by atoms with Gasteiger partial charge >= 0.3 is 0 Å². The van der Waals surface area contributed by atoms with Gasteiger partial charge in [0.25, 0.3) is 0 Å². The molecule has 1 fully saturated rings. The van der Waals surface area contributed by atoms with Crippen molar-refractivity contribution >= 4 is 23.2 Å². The Labute approximate surface area is 134 Å². The highest BCUT2D eigenvalue weighted by Gasteiger charge is 2.46. The average molecular weight is 318 g/mol. The minimum atomic E-state index is -0.331. The maximum absolute atomic E-state index is 13.4. The predicted molar refractivity (Wildman–Crippen MR) is 86.7 cm³/mol. The minimum absolute atomic E-state index is 0.0398. The zero-order valence-electron chi connectivity index (χ0n) is 12.3. The van der Waals surface area contributed by atoms with Gasteiger partial charge in [-0.05, 0) is 49.1 Å². The van der Waals surface area contributed by atoms with Gasteiger partial charge in [0.2, 0.25) is 5.91 Å². The molecule has 3 rings (SSSR count). The van der Waals surface area contributed by atoms with Gasteiger partial charge in [-0.25, -0.2) is 4.39 Å². The topological polar surface area (TPSA) is 20.3 Å². The highest BCUT2D eigenvalue weighted by atomic mass is 35.5. The fourth-order valence-corrected chi connectivity index (χ4v) is 3.17. The molecule has 1 saturated carbocycles. The molecule has 1 amide bonds. The second kappa shape index (κ2) is 6.09. The summed E-state index contributed by atoms with van der Waals surface area (Å²) in [5.74, 6) is -0.188. The standard InChI is InChI=1S/C18H17ClFNO/c1-2-21(13-7-5-6-12(20)10-13)18(22)16-11-15(16)14-8-3-4-9-17(14)19/h3-10,15-16H,2,11H2,1H3. The van der Waals surface area contributed by atoms with Gasteiger partial charge in [-0.2, -0.15) is 0 Å². The van der Waals surface area contributed by atoms with Crippen LogP contribution < -0.4 is 4.90 Å². The van der Waals surface area contributed by atoms with Gasteiger partial charge in [0.05, 0.1) is 0 Å². The van der Waals surface area contributed by atoms with Gasteiger partial charge in [-0.1, -0.05) is 35.9 Å². The number of carbonyl (C=O) groups is 1. The number of hydrogen-bond donors (Lipinski definition) is 0. The molecular weight excluding hydrogens is 301 g/mol. The normalized spacial score (nSPS) is 19.8. The summed E-state index contributed by atoms with van der Waals surface area (Å²) in [6.07, 6.45) is 0.800. The summed E-state index contributed by atoms with van der Waals surface area (Å²) < 4.78 is 13.4. The molecule has 2 aromatic carbocycles. The van der Waals surface area contributed by atoms with Crippen LogP contribution in [-0.4, -0.2) is 12.5 Å². The van der Waals surface area contributed by atoms with Crippen molar-refractivity contribution in [2.75, 3.05) is 11.4 Å². The number of nitrogens with zero attached hydrogens (tertiary/aromatic N) is 1. The van der Waals surface area contributed by atoms with Crippen LogP contribution >= 0.6 is 11.6 Å². The van der Waals surface area contributed by atoms with E-state index in [1.807, 2.05) is 31.2 Å². The largest absolute Gasteiger partial charge is 0.312 e. The Kier molecular flexibility index (Phi) is 4.16.